The van der Waals surface area contributed by atoms with Gasteiger partial charge in [0.05, 0.1) is 18.2 Å². The molecule has 25 heavy (non-hydrogen) atoms. The summed E-state index contributed by atoms with van der Waals surface area (Å²) in [5, 5.41) is 11.3. The lowest BCUT2D eigenvalue weighted by Gasteiger charge is -2.19. The van der Waals surface area contributed by atoms with E-state index < -0.39 is 11.9 Å². The normalized spacial score (nSPS) is 18.2. The summed E-state index contributed by atoms with van der Waals surface area (Å²) in [6, 6.07) is 5.75. The Hall–Kier alpha value is -2.12. The number of hydrogen-bond acceptors (Lipinski definition) is 6. The predicted molar refractivity (Wildman–Crippen MR) is 101 cm³/mol. The third-order valence-corrected chi connectivity index (χ3v) is 4.55. The number of hydrogen-bond donors (Lipinski definition) is 1. The Kier molecular flexibility index (Phi) is 6.02. The number of ether oxygens (including phenoxy) is 1. The maximum absolute atomic E-state index is 11.7. The fourth-order valence-corrected chi connectivity index (χ4v) is 2.80. The zero-order valence-electron chi connectivity index (χ0n) is 14.3. The zero-order valence-corrected chi connectivity index (χ0v) is 15.9. The quantitative estimate of drug-likeness (QED) is 0.378. The first kappa shape index (κ1) is 19.2. The molecule has 2 rings (SSSR count). The average Bonchev–Trinajstić information content (AvgIpc) is 2.87. The van der Waals surface area contributed by atoms with Gasteiger partial charge in [0.25, 0.3) is 5.91 Å². The molecule has 6 nitrogen and oxygen atoms in total. The number of halogens is 1. The van der Waals surface area contributed by atoms with Crippen molar-refractivity contribution in [3.8, 4) is 0 Å². The molecule has 0 radical (unpaired) electrons. The van der Waals surface area contributed by atoms with E-state index in [1.807, 2.05) is 18.2 Å². The van der Waals surface area contributed by atoms with Gasteiger partial charge in [0.1, 0.15) is 0 Å². The molecule has 1 aromatic carbocycles. The minimum absolute atomic E-state index is 0.0120. The summed E-state index contributed by atoms with van der Waals surface area (Å²) in [5.41, 5.74) is 1.85. The highest BCUT2D eigenvalue weighted by Gasteiger charge is 2.25. The second-order valence-electron chi connectivity index (χ2n) is 6.22. The highest BCUT2D eigenvalue weighted by atomic mass is 35.5. The SMILES string of the molecule is COC(=O)/C=C1/S/C(=N\N=Cc2cc(C(C)(C)C)ccc2Cl)NC1=O. The van der Waals surface area contributed by atoms with Crippen molar-refractivity contribution in [2.24, 2.45) is 10.2 Å². The summed E-state index contributed by atoms with van der Waals surface area (Å²) in [6.07, 6.45) is 2.63. The van der Waals surface area contributed by atoms with Crippen LogP contribution in [-0.2, 0) is 19.7 Å². The fraction of sp³-hybridized carbons (Fsp3) is 0.294. The van der Waals surface area contributed by atoms with Crippen LogP contribution in [0.4, 0.5) is 0 Å². The lowest BCUT2D eigenvalue weighted by Crippen LogP contribution is -2.19. The Morgan fingerprint density at radius 3 is 2.72 bits per heavy atom. The predicted octanol–water partition coefficient (Wildman–Crippen LogP) is 3.25. The van der Waals surface area contributed by atoms with Gasteiger partial charge in [-0.15, -0.1) is 5.10 Å². The van der Waals surface area contributed by atoms with E-state index in [2.05, 4.69) is 41.0 Å². The number of amidine groups is 1. The van der Waals surface area contributed by atoms with Crippen molar-refractivity contribution in [3.63, 3.8) is 0 Å². The lowest BCUT2D eigenvalue weighted by atomic mass is 9.86. The van der Waals surface area contributed by atoms with Crippen LogP contribution in [0.25, 0.3) is 0 Å². The molecule has 1 aliphatic heterocycles. The first-order chi connectivity index (χ1) is 11.7. The molecule has 0 spiro atoms. The smallest absolute Gasteiger partial charge is 0.331 e. The molecule has 0 saturated carbocycles. The van der Waals surface area contributed by atoms with E-state index in [0.29, 0.717) is 5.02 Å². The van der Waals surface area contributed by atoms with Crippen molar-refractivity contribution in [1.82, 2.24) is 5.32 Å². The molecular weight excluding hydrogens is 362 g/mol. The Labute approximate surface area is 155 Å². The topological polar surface area (TPSA) is 80.1 Å². The van der Waals surface area contributed by atoms with Gasteiger partial charge in [0.2, 0.25) is 0 Å². The molecule has 8 heteroatoms. The van der Waals surface area contributed by atoms with E-state index in [-0.39, 0.29) is 15.5 Å². The molecule has 0 bridgehead atoms. The number of methoxy groups -OCH3 is 1. The molecule has 1 saturated heterocycles. The number of amides is 1. The molecule has 1 aliphatic rings. The maximum atomic E-state index is 11.7. The summed E-state index contributed by atoms with van der Waals surface area (Å²) >= 11 is 7.20. The molecule has 1 fully saturated rings. The number of carbonyl (C=O) groups excluding carboxylic acids is 2. The van der Waals surface area contributed by atoms with E-state index in [1.54, 1.807) is 0 Å². The van der Waals surface area contributed by atoms with Crippen molar-refractivity contribution in [2.75, 3.05) is 7.11 Å². The second-order valence-corrected chi connectivity index (χ2v) is 7.66. The van der Waals surface area contributed by atoms with Crippen LogP contribution in [0.5, 0.6) is 0 Å². The second kappa shape index (κ2) is 7.84. The third-order valence-electron chi connectivity index (χ3n) is 3.31. The number of nitrogens with zero attached hydrogens (tertiary/aromatic N) is 2. The van der Waals surface area contributed by atoms with Gasteiger partial charge < -0.3 is 4.74 Å². The van der Waals surface area contributed by atoms with Crippen LogP contribution in [0.2, 0.25) is 5.02 Å². The molecule has 0 aromatic heterocycles. The number of benzene rings is 1. The fourth-order valence-electron chi connectivity index (χ4n) is 1.89. The van der Waals surface area contributed by atoms with Crippen LogP contribution in [0.3, 0.4) is 0 Å². The molecule has 1 N–H and O–H groups in total. The van der Waals surface area contributed by atoms with Crippen molar-refractivity contribution < 1.29 is 14.3 Å². The molecule has 0 aliphatic carbocycles. The molecule has 0 atom stereocenters. The molecule has 132 valence electrons. The Morgan fingerprint density at radius 1 is 1.36 bits per heavy atom. The number of thioether (sulfide) groups is 1. The number of carbonyl (C=O) groups is 2. The van der Waals surface area contributed by atoms with Crippen molar-refractivity contribution in [2.45, 2.75) is 26.2 Å². The molecule has 1 aromatic rings. The number of esters is 1. The summed E-state index contributed by atoms with van der Waals surface area (Å²) in [7, 11) is 1.24. The van der Waals surface area contributed by atoms with Gasteiger partial charge in [-0.3, -0.25) is 10.1 Å². The van der Waals surface area contributed by atoms with Crippen LogP contribution < -0.4 is 5.32 Å². The Bertz CT molecular complexity index is 795. The third kappa shape index (κ3) is 5.17. The first-order valence-corrected chi connectivity index (χ1v) is 8.60. The Morgan fingerprint density at radius 2 is 2.08 bits per heavy atom. The summed E-state index contributed by atoms with van der Waals surface area (Å²) in [5.74, 6) is -1.02. The zero-order chi connectivity index (χ0) is 18.6. The highest BCUT2D eigenvalue weighted by Crippen LogP contribution is 2.26. The standard InChI is InChI=1S/C17H18ClN3O3S/c1-17(2,3)11-5-6-12(18)10(7-11)9-19-21-16-20-15(23)13(25-16)8-14(22)24-4/h5-9H,1-4H3,(H,20,21,23)/b13-8+,19-9?. The minimum Gasteiger partial charge on any atom is -0.466 e. The van der Waals surface area contributed by atoms with Gasteiger partial charge in [-0.05, 0) is 34.9 Å². The van der Waals surface area contributed by atoms with Crippen molar-refractivity contribution in [3.05, 3.63) is 45.3 Å². The van der Waals surface area contributed by atoms with Crippen molar-refractivity contribution in [1.29, 1.82) is 0 Å². The van der Waals surface area contributed by atoms with Crippen molar-refractivity contribution >= 4 is 46.6 Å². The summed E-state index contributed by atoms with van der Waals surface area (Å²) in [4.78, 5) is 23.1. The monoisotopic (exact) mass is 379 g/mol. The van der Waals surface area contributed by atoms with E-state index >= 15 is 0 Å². The van der Waals surface area contributed by atoms with Crippen LogP contribution in [-0.4, -0.2) is 30.4 Å². The van der Waals surface area contributed by atoms with Gasteiger partial charge in [-0.1, -0.05) is 38.4 Å². The van der Waals surface area contributed by atoms with Gasteiger partial charge >= 0.3 is 5.97 Å². The molecule has 1 amide bonds. The van der Waals surface area contributed by atoms with Gasteiger partial charge in [0.15, 0.2) is 5.17 Å². The summed E-state index contributed by atoms with van der Waals surface area (Å²) in [6.45, 7) is 6.33. The number of rotatable bonds is 3. The molecule has 0 unspecified atom stereocenters. The van der Waals surface area contributed by atoms with E-state index in [4.69, 9.17) is 11.6 Å². The van der Waals surface area contributed by atoms with E-state index in [9.17, 15) is 9.59 Å². The lowest BCUT2D eigenvalue weighted by molar-refractivity contribution is -0.135. The Balaban J connectivity index is 2.16. The highest BCUT2D eigenvalue weighted by molar-refractivity contribution is 8.18. The van der Waals surface area contributed by atoms with Crippen LogP contribution in [0.15, 0.2) is 39.4 Å². The largest absolute Gasteiger partial charge is 0.466 e. The van der Waals surface area contributed by atoms with E-state index in [1.165, 1.54) is 13.3 Å². The van der Waals surface area contributed by atoms with Crippen LogP contribution in [0, 0.1) is 0 Å². The van der Waals surface area contributed by atoms with Gasteiger partial charge in [-0.25, -0.2) is 4.79 Å². The van der Waals surface area contributed by atoms with Crippen LogP contribution in [0.1, 0.15) is 31.9 Å². The average molecular weight is 380 g/mol. The van der Waals surface area contributed by atoms with Gasteiger partial charge in [-0.2, -0.15) is 5.10 Å². The maximum Gasteiger partial charge on any atom is 0.331 e. The molecular formula is C17H18ClN3O3S. The minimum atomic E-state index is -0.604. The van der Waals surface area contributed by atoms with E-state index in [0.717, 1.165) is 29.0 Å². The molecule has 1 heterocycles. The number of nitrogens with one attached hydrogen (secondary N) is 1. The van der Waals surface area contributed by atoms with Gasteiger partial charge in [0, 0.05) is 16.7 Å². The van der Waals surface area contributed by atoms with Crippen LogP contribution >= 0.6 is 23.4 Å². The first-order valence-electron chi connectivity index (χ1n) is 7.40. The summed E-state index contributed by atoms with van der Waals surface area (Å²) < 4.78 is 4.49.